The Morgan fingerprint density at radius 3 is 2.91 bits per heavy atom. The molecular formula is C24H27F2N5O4. The Hall–Kier alpha value is -2.89. The average molecular weight is 488 g/mol. The first kappa shape index (κ1) is 22.6. The number of piperidine rings is 1. The number of rotatable bonds is 3. The summed E-state index contributed by atoms with van der Waals surface area (Å²) in [5.74, 6) is 0.317. The molecule has 0 radical (unpaired) electrons. The van der Waals surface area contributed by atoms with Crippen LogP contribution in [0.2, 0.25) is 0 Å². The molecule has 9 nitrogen and oxygen atoms in total. The number of likely N-dealkylation sites (tertiary alicyclic amines) is 1. The van der Waals surface area contributed by atoms with E-state index in [9.17, 15) is 13.6 Å². The van der Waals surface area contributed by atoms with Crippen molar-refractivity contribution >= 4 is 11.7 Å². The molecule has 4 aliphatic heterocycles. The molecule has 0 aromatic carbocycles. The lowest BCUT2D eigenvalue weighted by atomic mass is 9.87. The van der Waals surface area contributed by atoms with Crippen LogP contribution in [-0.2, 0) is 40.4 Å². The number of hydrogen-bond donors (Lipinski definition) is 2. The summed E-state index contributed by atoms with van der Waals surface area (Å²) in [4.78, 5) is 24.5. The first-order chi connectivity index (χ1) is 16.9. The second-order valence-corrected chi connectivity index (χ2v) is 9.44. The minimum absolute atomic E-state index is 0.0211. The normalized spacial score (nSPS) is 27.1. The summed E-state index contributed by atoms with van der Waals surface area (Å²) >= 11 is 0. The Morgan fingerprint density at radius 1 is 1.23 bits per heavy atom. The van der Waals surface area contributed by atoms with Gasteiger partial charge < -0.3 is 24.8 Å². The predicted octanol–water partition coefficient (Wildman–Crippen LogP) is 2.53. The van der Waals surface area contributed by atoms with Crippen molar-refractivity contribution in [1.82, 2.24) is 20.2 Å². The van der Waals surface area contributed by atoms with Gasteiger partial charge >= 0.3 is 6.61 Å². The standard InChI is InChI=1S/C24H27F2N5O4/c1-11-20-14(9-33-11)13-7-15(28-8-16(13)30-22(20)27)23(32)31-6-2-3-18-21(31)12-4-5-19(35-24(25)26)29-17(12)10-34-18/h4-5,11,15,18,21,24,28H,2-3,6-10H2,1H3,(H2,27,30)/t11-,15-,18+,21+/m1/s1. The maximum absolute atomic E-state index is 13.9. The maximum Gasteiger partial charge on any atom is 0.388 e. The molecule has 2 aromatic heterocycles. The third-order valence-corrected chi connectivity index (χ3v) is 7.48. The Labute approximate surface area is 200 Å². The molecule has 3 N–H and O–H groups in total. The van der Waals surface area contributed by atoms with E-state index in [1.54, 1.807) is 6.07 Å². The molecule has 1 saturated heterocycles. The zero-order valence-electron chi connectivity index (χ0n) is 19.3. The zero-order chi connectivity index (χ0) is 24.3. The van der Waals surface area contributed by atoms with Crippen LogP contribution >= 0.6 is 0 Å². The molecule has 4 atom stereocenters. The first-order valence-electron chi connectivity index (χ1n) is 11.9. The summed E-state index contributed by atoms with van der Waals surface area (Å²) in [6.45, 7) is 0.706. The van der Waals surface area contributed by atoms with Gasteiger partial charge in [-0.2, -0.15) is 8.78 Å². The average Bonchev–Trinajstić information content (AvgIpc) is 3.25. The third-order valence-electron chi connectivity index (χ3n) is 7.48. The second-order valence-electron chi connectivity index (χ2n) is 9.44. The maximum atomic E-state index is 13.9. The number of carbonyl (C=O) groups is 1. The van der Waals surface area contributed by atoms with Crippen LogP contribution in [0.5, 0.6) is 5.88 Å². The van der Waals surface area contributed by atoms with E-state index in [-0.39, 0.29) is 36.6 Å². The molecule has 6 heterocycles. The molecule has 2 aromatic rings. The highest BCUT2D eigenvalue weighted by Gasteiger charge is 2.43. The molecule has 35 heavy (non-hydrogen) atoms. The third kappa shape index (κ3) is 3.82. The Balaban J connectivity index is 1.28. The van der Waals surface area contributed by atoms with Gasteiger partial charge in [-0.25, -0.2) is 9.97 Å². The van der Waals surface area contributed by atoms with Crippen molar-refractivity contribution in [3.63, 3.8) is 0 Å². The fourth-order valence-corrected chi connectivity index (χ4v) is 5.90. The van der Waals surface area contributed by atoms with Gasteiger partial charge in [0.1, 0.15) is 5.82 Å². The number of hydrogen-bond acceptors (Lipinski definition) is 8. The van der Waals surface area contributed by atoms with E-state index in [0.717, 1.165) is 40.8 Å². The Bertz CT molecular complexity index is 1180. The summed E-state index contributed by atoms with van der Waals surface area (Å²) in [5.41, 5.74) is 11.4. The molecule has 0 aliphatic carbocycles. The number of pyridine rings is 2. The highest BCUT2D eigenvalue weighted by molar-refractivity contribution is 5.83. The van der Waals surface area contributed by atoms with E-state index in [1.165, 1.54) is 6.07 Å². The van der Waals surface area contributed by atoms with Crippen molar-refractivity contribution in [1.29, 1.82) is 0 Å². The number of aromatic nitrogens is 2. The van der Waals surface area contributed by atoms with Crippen molar-refractivity contribution in [2.75, 3.05) is 12.3 Å². The number of anilines is 1. The summed E-state index contributed by atoms with van der Waals surface area (Å²) in [6.07, 6.45) is 1.86. The van der Waals surface area contributed by atoms with E-state index in [0.29, 0.717) is 37.6 Å². The highest BCUT2D eigenvalue weighted by Crippen LogP contribution is 2.41. The molecule has 4 aliphatic rings. The van der Waals surface area contributed by atoms with Crippen LogP contribution in [-0.4, -0.2) is 46.1 Å². The van der Waals surface area contributed by atoms with Crippen molar-refractivity contribution in [2.45, 2.75) is 76.8 Å². The van der Waals surface area contributed by atoms with Gasteiger partial charge in [0.05, 0.1) is 48.9 Å². The SMILES string of the molecule is C[C@H]1OCc2c3c(nc(N)c21)CN[C@@H](C(=O)N1CCC[C@@H]2OCc4nc(OC(F)F)ccc4[C@@H]21)C3. The predicted molar refractivity (Wildman–Crippen MR) is 119 cm³/mol. The van der Waals surface area contributed by atoms with Gasteiger partial charge in [-0.15, -0.1) is 0 Å². The van der Waals surface area contributed by atoms with Gasteiger partial charge in [0, 0.05) is 30.3 Å². The van der Waals surface area contributed by atoms with Crippen LogP contribution < -0.4 is 15.8 Å². The molecule has 1 fully saturated rings. The first-order valence-corrected chi connectivity index (χ1v) is 11.9. The number of nitrogens with one attached hydrogen (secondary N) is 1. The van der Waals surface area contributed by atoms with Gasteiger partial charge in [-0.3, -0.25) is 10.1 Å². The number of nitrogen functional groups attached to an aromatic ring is 1. The fraction of sp³-hybridized carbons (Fsp3) is 0.542. The van der Waals surface area contributed by atoms with Crippen LogP contribution in [0.4, 0.5) is 14.6 Å². The Kier molecular flexibility index (Phi) is 5.58. The number of nitrogens with zero attached hydrogens (tertiary/aromatic N) is 3. The molecule has 6 rings (SSSR count). The minimum Gasteiger partial charge on any atom is -0.417 e. The number of amides is 1. The topological polar surface area (TPSA) is 112 Å². The van der Waals surface area contributed by atoms with E-state index in [2.05, 4.69) is 20.0 Å². The number of halogens is 2. The quantitative estimate of drug-likeness (QED) is 0.680. The summed E-state index contributed by atoms with van der Waals surface area (Å²) in [6, 6.07) is 2.41. The van der Waals surface area contributed by atoms with Crippen LogP contribution in [0.25, 0.3) is 0 Å². The van der Waals surface area contributed by atoms with Crippen molar-refractivity contribution < 1.29 is 27.8 Å². The summed E-state index contributed by atoms with van der Waals surface area (Å²) in [7, 11) is 0. The summed E-state index contributed by atoms with van der Waals surface area (Å²) < 4.78 is 41.6. The number of alkyl halides is 2. The van der Waals surface area contributed by atoms with Crippen molar-refractivity contribution in [2.24, 2.45) is 0 Å². The Morgan fingerprint density at radius 2 is 2.09 bits per heavy atom. The van der Waals surface area contributed by atoms with Crippen LogP contribution in [0.3, 0.4) is 0 Å². The molecule has 0 bridgehead atoms. The monoisotopic (exact) mass is 487 g/mol. The van der Waals surface area contributed by atoms with Gasteiger partial charge in [0.25, 0.3) is 0 Å². The summed E-state index contributed by atoms with van der Waals surface area (Å²) in [5, 5.41) is 3.34. The molecule has 11 heteroatoms. The van der Waals surface area contributed by atoms with Gasteiger partial charge in [0.2, 0.25) is 11.8 Å². The van der Waals surface area contributed by atoms with Gasteiger partial charge in [-0.1, -0.05) is 0 Å². The fourth-order valence-electron chi connectivity index (χ4n) is 5.90. The lowest BCUT2D eigenvalue weighted by Crippen LogP contribution is -2.55. The molecule has 186 valence electrons. The number of nitrogens with two attached hydrogens (primary N) is 1. The van der Waals surface area contributed by atoms with E-state index in [1.807, 2.05) is 11.8 Å². The zero-order valence-corrected chi connectivity index (χ0v) is 19.3. The minimum atomic E-state index is -2.95. The van der Waals surface area contributed by atoms with Crippen LogP contribution in [0.15, 0.2) is 12.1 Å². The van der Waals surface area contributed by atoms with Gasteiger partial charge in [0.15, 0.2) is 0 Å². The molecule has 0 unspecified atom stereocenters. The molecule has 0 saturated carbocycles. The molecular weight excluding hydrogens is 460 g/mol. The van der Waals surface area contributed by atoms with Crippen molar-refractivity contribution in [3.8, 4) is 5.88 Å². The van der Waals surface area contributed by atoms with E-state index < -0.39 is 12.7 Å². The lowest BCUT2D eigenvalue weighted by molar-refractivity contribution is -0.146. The van der Waals surface area contributed by atoms with E-state index in [4.69, 9.17) is 15.2 Å². The van der Waals surface area contributed by atoms with Gasteiger partial charge in [-0.05, 0) is 43.4 Å². The van der Waals surface area contributed by atoms with Crippen LogP contribution in [0.1, 0.15) is 65.6 Å². The molecule has 1 amide bonds. The molecule has 0 spiro atoms. The van der Waals surface area contributed by atoms with Crippen molar-refractivity contribution in [3.05, 3.63) is 45.8 Å². The second kappa shape index (κ2) is 8.65. The largest absolute Gasteiger partial charge is 0.417 e. The smallest absolute Gasteiger partial charge is 0.388 e. The lowest BCUT2D eigenvalue weighted by Gasteiger charge is -2.45. The number of fused-ring (bicyclic) bond motifs is 6. The van der Waals surface area contributed by atoms with Crippen LogP contribution in [0, 0.1) is 0 Å². The van der Waals surface area contributed by atoms with E-state index >= 15 is 0 Å². The highest BCUT2D eigenvalue weighted by atomic mass is 19.3. The number of ether oxygens (including phenoxy) is 3. The number of carbonyl (C=O) groups excluding carboxylic acids is 1.